The van der Waals surface area contributed by atoms with Crippen LogP contribution in [0.5, 0.6) is 0 Å². The number of nitrogens with one attached hydrogen (secondary N) is 1. The largest absolute Gasteiger partial charge is 0.469 e. The molecule has 2 aromatic rings. The molecule has 7 nitrogen and oxygen atoms in total. The highest BCUT2D eigenvalue weighted by atomic mass is 35.5. The zero-order valence-electron chi connectivity index (χ0n) is 17.9. The van der Waals surface area contributed by atoms with E-state index in [-0.39, 0.29) is 37.1 Å². The predicted molar refractivity (Wildman–Crippen MR) is 122 cm³/mol. The average molecular weight is 479 g/mol. The number of amides is 1. The molecule has 0 aliphatic carbocycles. The van der Waals surface area contributed by atoms with E-state index in [2.05, 4.69) is 5.32 Å². The summed E-state index contributed by atoms with van der Waals surface area (Å²) < 4.78 is 31.7. The third kappa shape index (κ3) is 6.31. The van der Waals surface area contributed by atoms with Crippen LogP contribution in [0, 0.1) is 5.92 Å². The van der Waals surface area contributed by atoms with Crippen molar-refractivity contribution in [2.24, 2.45) is 5.92 Å². The molecule has 1 aliphatic heterocycles. The molecule has 1 saturated heterocycles. The lowest BCUT2D eigenvalue weighted by Crippen LogP contribution is -2.44. The van der Waals surface area contributed by atoms with Crippen molar-refractivity contribution in [3.63, 3.8) is 0 Å². The smallest absolute Gasteiger partial charge is 0.307 e. The Balaban J connectivity index is 1.62. The van der Waals surface area contributed by atoms with Crippen LogP contribution in [0.2, 0.25) is 5.02 Å². The van der Waals surface area contributed by atoms with E-state index in [0.29, 0.717) is 23.4 Å². The number of carbonyl (C=O) groups is 2. The van der Waals surface area contributed by atoms with E-state index < -0.39 is 22.0 Å². The van der Waals surface area contributed by atoms with Gasteiger partial charge in [-0.3, -0.25) is 9.59 Å². The van der Waals surface area contributed by atoms with E-state index in [1.165, 1.54) is 11.4 Å². The molecule has 0 bridgehead atoms. The minimum Gasteiger partial charge on any atom is -0.469 e. The van der Waals surface area contributed by atoms with Gasteiger partial charge in [0.1, 0.15) is 0 Å². The molecule has 32 heavy (non-hydrogen) atoms. The predicted octanol–water partition coefficient (Wildman–Crippen LogP) is 3.30. The number of esters is 1. The normalized spacial score (nSPS) is 16.3. The summed E-state index contributed by atoms with van der Waals surface area (Å²) in [6, 6.07) is 15.4. The number of nitrogens with zero attached hydrogens (tertiary/aromatic N) is 1. The lowest BCUT2D eigenvalue weighted by molar-refractivity contribution is -0.141. The van der Waals surface area contributed by atoms with Crippen molar-refractivity contribution in [1.29, 1.82) is 0 Å². The number of carbonyl (C=O) groups excluding carboxylic acids is 2. The minimum absolute atomic E-state index is 0.0454. The van der Waals surface area contributed by atoms with Gasteiger partial charge in [0.15, 0.2) is 0 Å². The number of hydrogen-bond donors (Lipinski definition) is 1. The summed E-state index contributed by atoms with van der Waals surface area (Å²) in [5.41, 5.74) is 1.37. The third-order valence-electron chi connectivity index (χ3n) is 5.61. The van der Waals surface area contributed by atoms with Crippen molar-refractivity contribution < 1.29 is 22.7 Å². The van der Waals surface area contributed by atoms with Crippen LogP contribution in [0.1, 0.15) is 36.4 Å². The van der Waals surface area contributed by atoms with Crippen molar-refractivity contribution in [1.82, 2.24) is 9.62 Å². The van der Waals surface area contributed by atoms with Crippen LogP contribution in [0.4, 0.5) is 0 Å². The minimum atomic E-state index is -3.45. The number of sulfonamides is 1. The third-order valence-corrected chi connectivity index (χ3v) is 7.80. The molecule has 0 spiro atoms. The van der Waals surface area contributed by atoms with Gasteiger partial charge in [0.05, 0.1) is 25.3 Å². The first-order valence-electron chi connectivity index (χ1n) is 10.4. The number of halogens is 1. The second-order valence-corrected chi connectivity index (χ2v) is 10.2. The fourth-order valence-corrected chi connectivity index (χ4v) is 5.64. The van der Waals surface area contributed by atoms with Crippen molar-refractivity contribution >= 4 is 33.5 Å². The molecule has 2 aromatic carbocycles. The number of methoxy groups -OCH3 is 1. The van der Waals surface area contributed by atoms with E-state index >= 15 is 0 Å². The quantitative estimate of drug-likeness (QED) is 0.587. The molecule has 3 rings (SSSR count). The van der Waals surface area contributed by atoms with Crippen LogP contribution in [0.15, 0.2) is 54.6 Å². The van der Waals surface area contributed by atoms with Crippen molar-refractivity contribution in [2.45, 2.75) is 31.1 Å². The first-order chi connectivity index (χ1) is 15.3. The Labute approximate surface area is 193 Å². The monoisotopic (exact) mass is 478 g/mol. The molecule has 1 heterocycles. The number of piperidine rings is 1. The van der Waals surface area contributed by atoms with E-state index in [1.807, 2.05) is 18.2 Å². The fraction of sp³-hybridized carbons (Fsp3) is 0.391. The maximum atomic E-state index is 12.9. The molecular weight excluding hydrogens is 452 g/mol. The van der Waals surface area contributed by atoms with E-state index in [4.69, 9.17) is 16.3 Å². The van der Waals surface area contributed by atoms with Gasteiger partial charge in [0.2, 0.25) is 15.9 Å². The first-order valence-corrected chi connectivity index (χ1v) is 12.4. The van der Waals surface area contributed by atoms with Gasteiger partial charge in [0.25, 0.3) is 0 Å². The molecule has 172 valence electrons. The Morgan fingerprint density at radius 1 is 1.09 bits per heavy atom. The number of hydrogen-bond acceptors (Lipinski definition) is 5. The molecule has 1 atom stereocenters. The summed E-state index contributed by atoms with van der Waals surface area (Å²) in [4.78, 5) is 24.8. The van der Waals surface area contributed by atoms with Gasteiger partial charge in [0, 0.05) is 24.0 Å². The van der Waals surface area contributed by atoms with Crippen LogP contribution >= 0.6 is 11.6 Å². The maximum absolute atomic E-state index is 12.9. The summed E-state index contributed by atoms with van der Waals surface area (Å²) in [5, 5.41) is 3.36. The summed E-state index contributed by atoms with van der Waals surface area (Å²) in [6.07, 6.45) is 0.775. The molecule has 0 aromatic heterocycles. The summed E-state index contributed by atoms with van der Waals surface area (Å²) >= 11 is 6.27. The van der Waals surface area contributed by atoms with E-state index in [0.717, 1.165) is 5.56 Å². The lowest BCUT2D eigenvalue weighted by atomic mass is 9.95. The second-order valence-electron chi connectivity index (χ2n) is 7.78. The van der Waals surface area contributed by atoms with Crippen LogP contribution in [-0.4, -0.2) is 44.8 Å². The lowest BCUT2D eigenvalue weighted by Gasteiger charge is -2.31. The summed E-state index contributed by atoms with van der Waals surface area (Å²) in [6.45, 7) is 0.558. The van der Waals surface area contributed by atoms with Crippen molar-refractivity contribution in [3.05, 3.63) is 70.7 Å². The number of benzene rings is 2. The highest BCUT2D eigenvalue weighted by molar-refractivity contribution is 7.88. The Hall–Kier alpha value is -2.42. The standard InChI is InChI=1S/C23H27ClN2O5S/c1-31-22(27)15-21(19-9-5-6-10-20(19)24)25-23(28)18-11-13-26(14-12-18)32(29,30)16-17-7-3-2-4-8-17/h2-10,18,21H,11-16H2,1H3,(H,25,28). The number of ether oxygens (including phenoxy) is 1. The Kier molecular flexibility index (Phi) is 8.28. The maximum Gasteiger partial charge on any atom is 0.307 e. The first kappa shape index (κ1) is 24.2. The topological polar surface area (TPSA) is 92.8 Å². The van der Waals surface area contributed by atoms with Crippen LogP contribution < -0.4 is 5.32 Å². The van der Waals surface area contributed by atoms with Crippen LogP contribution in [0.3, 0.4) is 0 Å². The zero-order valence-corrected chi connectivity index (χ0v) is 19.4. The summed E-state index contributed by atoms with van der Waals surface area (Å²) in [7, 11) is -2.16. The highest BCUT2D eigenvalue weighted by Gasteiger charge is 2.32. The Morgan fingerprint density at radius 2 is 1.72 bits per heavy atom. The molecule has 1 fully saturated rings. The van der Waals surface area contributed by atoms with E-state index in [9.17, 15) is 18.0 Å². The van der Waals surface area contributed by atoms with Crippen LogP contribution in [0.25, 0.3) is 0 Å². The van der Waals surface area contributed by atoms with Gasteiger partial charge in [-0.05, 0) is 30.0 Å². The zero-order chi connectivity index (χ0) is 23.1. The Morgan fingerprint density at radius 3 is 2.34 bits per heavy atom. The number of rotatable bonds is 8. The van der Waals surface area contributed by atoms with Gasteiger partial charge < -0.3 is 10.1 Å². The van der Waals surface area contributed by atoms with Gasteiger partial charge >= 0.3 is 5.97 Å². The summed E-state index contributed by atoms with van der Waals surface area (Å²) in [5.74, 6) is -1.09. The SMILES string of the molecule is COC(=O)CC(NC(=O)C1CCN(S(=O)(=O)Cc2ccccc2)CC1)c1ccccc1Cl. The van der Waals surface area contributed by atoms with Gasteiger partial charge in [-0.25, -0.2) is 12.7 Å². The van der Waals surface area contributed by atoms with Gasteiger partial charge in [-0.15, -0.1) is 0 Å². The fourth-order valence-electron chi connectivity index (χ4n) is 3.81. The second kappa shape index (κ2) is 10.9. The molecule has 1 unspecified atom stereocenters. The highest BCUT2D eigenvalue weighted by Crippen LogP contribution is 2.27. The molecular formula is C23H27ClN2O5S. The van der Waals surface area contributed by atoms with Crippen molar-refractivity contribution in [3.8, 4) is 0 Å². The van der Waals surface area contributed by atoms with Gasteiger partial charge in [-0.2, -0.15) is 0 Å². The molecule has 1 aliphatic rings. The molecule has 0 radical (unpaired) electrons. The molecule has 1 amide bonds. The Bertz CT molecular complexity index is 1040. The van der Waals surface area contributed by atoms with E-state index in [1.54, 1.807) is 36.4 Å². The molecule has 1 N–H and O–H groups in total. The van der Waals surface area contributed by atoms with Gasteiger partial charge in [-0.1, -0.05) is 60.1 Å². The van der Waals surface area contributed by atoms with Crippen molar-refractivity contribution in [2.75, 3.05) is 20.2 Å². The average Bonchev–Trinajstić information content (AvgIpc) is 2.79. The van der Waals surface area contributed by atoms with Crippen LogP contribution in [-0.2, 0) is 30.1 Å². The molecule has 9 heteroatoms. The molecule has 0 saturated carbocycles.